The highest BCUT2D eigenvalue weighted by atomic mass is 32.2. The molecule has 1 aliphatic heterocycles. The lowest BCUT2D eigenvalue weighted by molar-refractivity contribution is -0.120. The maximum absolute atomic E-state index is 13.9. The van der Waals surface area contributed by atoms with Crippen LogP contribution in [0.15, 0.2) is 76.5 Å². The van der Waals surface area contributed by atoms with Crippen LogP contribution >= 0.6 is 23.5 Å². The maximum atomic E-state index is 13.9. The summed E-state index contributed by atoms with van der Waals surface area (Å²) in [5, 5.41) is 8.50. The van der Waals surface area contributed by atoms with Crippen molar-refractivity contribution in [2.24, 2.45) is 5.73 Å². The van der Waals surface area contributed by atoms with E-state index in [1.165, 1.54) is 0 Å². The Morgan fingerprint density at radius 2 is 1.80 bits per heavy atom. The highest BCUT2D eigenvalue weighted by Gasteiger charge is 2.32. The first kappa shape index (κ1) is 30.5. The number of hydrogen-bond acceptors (Lipinski definition) is 6. The summed E-state index contributed by atoms with van der Waals surface area (Å²) >= 11 is 3.20. The molecule has 216 valence electrons. The van der Waals surface area contributed by atoms with Gasteiger partial charge in [-0.15, -0.1) is 23.5 Å². The van der Waals surface area contributed by atoms with E-state index < -0.39 is 17.6 Å². The van der Waals surface area contributed by atoms with Crippen molar-refractivity contribution in [2.75, 3.05) is 30.0 Å². The van der Waals surface area contributed by atoms with Gasteiger partial charge in [-0.2, -0.15) is 0 Å². The van der Waals surface area contributed by atoms with Crippen LogP contribution in [0.3, 0.4) is 0 Å². The zero-order valence-electron chi connectivity index (χ0n) is 23.8. The minimum absolute atomic E-state index is 0.112. The largest absolute Gasteiger partial charge is 0.352 e. The summed E-state index contributed by atoms with van der Waals surface area (Å²) in [5.74, 6) is 0.120. The second-order valence-electron chi connectivity index (χ2n) is 10.5. The smallest absolute Gasteiger partial charge is 0.315 e. The molecular weight excluding hydrogens is 555 g/mol. The molecule has 0 unspecified atom stereocenters. The van der Waals surface area contributed by atoms with Gasteiger partial charge in [0.25, 0.3) is 11.8 Å². The van der Waals surface area contributed by atoms with Crippen molar-refractivity contribution in [1.29, 1.82) is 0 Å². The van der Waals surface area contributed by atoms with Gasteiger partial charge in [-0.25, -0.2) is 4.79 Å². The van der Waals surface area contributed by atoms with Gasteiger partial charge in [-0.05, 0) is 68.0 Å². The Kier molecular flexibility index (Phi) is 10.0. The summed E-state index contributed by atoms with van der Waals surface area (Å²) in [5.41, 5.74) is 9.56. The van der Waals surface area contributed by atoms with E-state index >= 15 is 0 Å². The number of nitrogens with one attached hydrogen (secondary N) is 3. The SMILES string of the molecule is CCNC(=O)c1ccccc1-c1ccc(CN2C(=O)[C@H](NC(=O)NCC(C)(C)N)CSc3cc(SC)ccc32)cc1. The van der Waals surface area contributed by atoms with Gasteiger partial charge < -0.3 is 26.6 Å². The van der Waals surface area contributed by atoms with E-state index in [0.717, 1.165) is 32.2 Å². The molecule has 8 nitrogen and oxygen atoms in total. The van der Waals surface area contributed by atoms with Crippen molar-refractivity contribution in [1.82, 2.24) is 16.0 Å². The number of fused-ring (bicyclic) bond motifs is 1. The van der Waals surface area contributed by atoms with Crippen molar-refractivity contribution in [3.8, 4) is 11.1 Å². The highest BCUT2D eigenvalue weighted by Crippen LogP contribution is 2.38. The first-order valence-corrected chi connectivity index (χ1v) is 15.7. The third kappa shape index (κ3) is 7.84. The fraction of sp³-hybridized carbons (Fsp3) is 0.323. The molecule has 4 rings (SSSR count). The third-order valence-corrected chi connectivity index (χ3v) is 8.42. The Morgan fingerprint density at radius 3 is 2.49 bits per heavy atom. The van der Waals surface area contributed by atoms with Crippen molar-refractivity contribution in [3.63, 3.8) is 0 Å². The van der Waals surface area contributed by atoms with E-state index in [1.54, 1.807) is 28.4 Å². The number of nitrogens with zero attached hydrogens (tertiary/aromatic N) is 1. The summed E-state index contributed by atoms with van der Waals surface area (Å²) in [6.45, 7) is 6.71. The molecule has 5 N–H and O–H groups in total. The molecular formula is C31H37N5O3S2. The first-order chi connectivity index (χ1) is 19.6. The summed E-state index contributed by atoms with van der Waals surface area (Å²) in [7, 11) is 0. The van der Waals surface area contributed by atoms with Crippen LogP contribution in [0, 0.1) is 0 Å². The molecule has 0 spiro atoms. The quantitative estimate of drug-likeness (QED) is 0.264. The second-order valence-corrected chi connectivity index (χ2v) is 12.5. The maximum Gasteiger partial charge on any atom is 0.315 e. The van der Waals surface area contributed by atoms with E-state index in [4.69, 9.17) is 5.73 Å². The van der Waals surface area contributed by atoms with Crippen LogP contribution in [0.4, 0.5) is 10.5 Å². The van der Waals surface area contributed by atoms with Crippen molar-refractivity contribution >= 4 is 47.1 Å². The molecule has 0 saturated carbocycles. The minimum atomic E-state index is -0.714. The molecule has 41 heavy (non-hydrogen) atoms. The van der Waals surface area contributed by atoms with Gasteiger partial charge in [-0.3, -0.25) is 9.59 Å². The third-order valence-electron chi connectivity index (χ3n) is 6.55. The molecule has 1 aliphatic rings. The number of hydrogen-bond donors (Lipinski definition) is 4. The van der Waals surface area contributed by atoms with Crippen LogP contribution in [-0.2, 0) is 11.3 Å². The number of carbonyl (C=O) groups is 3. The normalized spacial score (nSPS) is 15.1. The first-order valence-electron chi connectivity index (χ1n) is 13.5. The molecule has 0 radical (unpaired) electrons. The number of rotatable bonds is 9. The predicted molar refractivity (Wildman–Crippen MR) is 169 cm³/mol. The fourth-order valence-electron chi connectivity index (χ4n) is 4.46. The zero-order valence-corrected chi connectivity index (χ0v) is 25.5. The van der Waals surface area contributed by atoms with Crippen LogP contribution in [-0.4, -0.2) is 54.5 Å². The summed E-state index contributed by atoms with van der Waals surface area (Å²) in [6, 6.07) is 20.4. The molecule has 4 amide bonds. The topological polar surface area (TPSA) is 117 Å². The number of anilines is 1. The van der Waals surface area contributed by atoms with Crippen LogP contribution in [0.5, 0.6) is 0 Å². The van der Waals surface area contributed by atoms with Gasteiger partial charge >= 0.3 is 6.03 Å². The number of nitrogens with two attached hydrogens (primary N) is 1. The van der Waals surface area contributed by atoms with Crippen molar-refractivity contribution in [3.05, 3.63) is 77.9 Å². The Morgan fingerprint density at radius 1 is 1.07 bits per heavy atom. The van der Waals surface area contributed by atoms with Crippen LogP contribution < -0.4 is 26.6 Å². The van der Waals surface area contributed by atoms with Crippen LogP contribution in [0.25, 0.3) is 11.1 Å². The molecule has 10 heteroatoms. The monoisotopic (exact) mass is 591 g/mol. The van der Waals surface area contributed by atoms with Gasteiger partial charge in [0.2, 0.25) is 0 Å². The van der Waals surface area contributed by atoms with E-state index in [2.05, 4.69) is 22.0 Å². The highest BCUT2D eigenvalue weighted by molar-refractivity contribution is 8.00. The van der Waals surface area contributed by atoms with E-state index in [-0.39, 0.29) is 18.4 Å². The summed E-state index contributed by atoms with van der Waals surface area (Å²) in [4.78, 5) is 43.0. The standard InChI is InChI=1S/C31H37N5O3S2/c1-5-33-28(37)24-9-7-6-8-23(24)21-12-10-20(11-13-21)17-36-26-15-14-22(40-4)16-27(26)41-18-25(29(36)38)35-30(39)34-19-31(2,3)32/h6-16,25H,5,17-19,32H2,1-4H3,(H,33,37)(H2,34,35,39)/t25-/m1/s1. The molecule has 0 aromatic heterocycles. The van der Waals surface area contributed by atoms with Crippen molar-refractivity contribution in [2.45, 2.75) is 48.7 Å². The predicted octanol–water partition coefficient (Wildman–Crippen LogP) is 4.87. The number of benzene rings is 3. The van der Waals surface area contributed by atoms with Crippen LogP contribution in [0.2, 0.25) is 0 Å². The number of urea groups is 1. The Bertz CT molecular complexity index is 1410. The van der Waals surface area contributed by atoms with E-state index in [9.17, 15) is 14.4 Å². The van der Waals surface area contributed by atoms with Gasteiger partial charge in [0.1, 0.15) is 6.04 Å². The molecule has 3 aromatic rings. The second kappa shape index (κ2) is 13.5. The van der Waals surface area contributed by atoms with Gasteiger partial charge in [0.15, 0.2) is 0 Å². The van der Waals surface area contributed by atoms with Gasteiger partial charge in [-0.1, -0.05) is 42.5 Å². The van der Waals surface area contributed by atoms with Gasteiger partial charge in [0.05, 0.1) is 12.2 Å². The Hall–Kier alpha value is -3.47. The number of amides is 4. The molecule has 0 bridgehead atoms. The lowest BCUT2D eigenvalue weighted by Gasteiger charge is -2.27. The average Bonchev–Trinajstić information content (AvgIpc) is 3.08. The molecule has 1 atom stereocenters. The molecule has 3 aromatic carbocycles. The molecule has 0 fully saturated rings. The average molecular weight is 592 g/mol. The lowest BCUT2D eigenvalue weighted by atomic mass is 9.98. The number of thioether (sulfide) groups is 2. The molecule has 1 heterocycles. The van der Waals surface area contributed by atoms with Crippen LogP contribution in [0.1, 0.15) is 36.7 Å². The van der Waals surface area contributed by atoms with Gasteiger partial charge in [0, 0.05) is 39.7 Å². The van der Waals surface area contributed by atoms with E-state index in [0.29, 0.717) is 24.4 Å². The zero-order chi connectivity index (χ0) is 29.6. The minimum Gasteiger partial charge on any atom is -0.352 e. The Labute approximate surface area is 250 Å². The summed E-state index contributed by atoms with van der Waals surface area (Å²) < 4.78 is 0. The molecule has 0 saturated heterocycles. The summed E-state index contributed by atoms with van der Waals surface area (Å²) in [6.07, 6.45) is 2.02. The van der Waals surface area contributed by atoms with Crippen molar-refractivity contribution < 1.29 is 14.4 Å². The Balaban J connectivity index is 1.60. The number of carbonyl (C=O) groups excluding carboxylic acids is 3. The van der Waals surface area contributed by atoms with E-state index in [1.807, 2.05) is 87.7 Å². The molecule has 0 aliphatic carbocycles. The lowest BCUT2D eigenvalue weighted by Crippen LogP contribution is -2.54. The fourth-order valence-corrected chi connectivity index (χ4v) is 6.08.